The van der Waals surface area contributed by atoms with E-state index in [-0.39, 0.29) is 12.1 Å². The van der Waals surface area contributed by atoms with Crippen molar-refractivity contribution in [2.24, 2.45) is 0 Å². The summed E-state index contributed by atoms with van der Waals surface area (Å²) in [6.45, 7) is 8.85. The number of benzene rings is 3. The van der Waals surface area contributed by atoms with E-state index in [1.54, 1.807) is 12.1 Å². The molecular formula is C31H34ClN3O5. The monoisotopic (exact) mass is 563 g/mol. The van der Waals surface area contributed by atoms with Crippen molar-refractivity contribution in [1.82, 2.24) is 15.2 Å². The molecule has 5 rings (SSSR count). The highest BCUT2D eigenvalue weighted by Crippen LogP contribution is 2.31. The van der Waals surface area contributed by atoms with Crippen molar-refractivity contribution in [3.05, 3.63) is 71.8 Å². The fourth-order valence-electron chi connectivity index (χ4n) is 4.56. The summed E-state index contributed by atoms with van der Waals surface area (Å²) in [6, 6.07) is 20.6. The van der Waals surface area contributed by atoms with E-state index in [9.17, 15) is 4.79 Å². The van der Waals surface area contributed by atoms with Gasteiger partial charge in [-0.1, -0.05) is 17.7 Å². The van der Waals surface area contributed by atoms with E-state index in [1.807, 2.05) is 75.4 Å². The number of carbonyl (C=O) groups is 1. The molecule has 4 aromatic rings. The largest absolute Gasteiger partial charge is 0.494 e. The molecule has 1 aliphatic heterocycles. The second kappa shape index (κ2) is 12.2. The molecule has 0 aliphatic carbocycles. The average Bonchev–Trinajstić information content (AvgIpc) is 3.53. The molecule has 0 radical (unpaired) electrons. The van der Waals surface area contributed by atoms with Crippen LogP contribution in [0.2, 0.25) is 5.02 Å². The zero-order chi connectivity index (χ0) is 28.1. The summed E-state index contributed by atoms with van der Waals surface area (Å²) in [5.74, 6) is 2.64. The number of oxazole rings is 1. The molecule has 9 heteroatoms. The molecule has 40 heavy (non-hydrogen) atoms. The van der Waals surface area contributed by atoms with Crippen molar-refractivity contribution >= 4 is 28.8 Å². The molecule has 0 saturated carbocycles. The molecule has 1 saturated heterocycles. The highest BCUT2D eigenvalue weighted by Gasteiger charge is 2.25. The highest BCUT2D eigenvalue weighted by molar-refractivity contribution is 6.30. The number of likely N-dealkylation sites (tertiary alicyclic amines) is 1. The van der Waals surface area contributed by atoms with Gasteiger partial charge in [-0.25, -0.2) is 9.78 Å². The van der Waals surface area contributed by atoms with E-state index in [2.05, 4.69) is 15.2 Å². The number of amides is 1. The molecule has 0 bridgehead atoms. The number of halogens is 1. The Bertz CT molecular complexity index is 1450. The molecule has 2 heterocycles. The Morgan fingerprint density at radius 1 is 1.07 bits per heavy atom. The van der Waals surface area contributed by atoms with Crippen molar-refractivity contribution < 1.29 is 23.4 Å². The third kappa shape index (κ3) is 7.67. The van der Waals surface area contributed by atoms with Gasteiger partial charge in [0.15, 0.2) is 5.58 Å². The summed E-state index contributed by atoms with van der Waals surface area (Å²) in [5.41, 5.74) is 1.73. The smallest absolute Gasteiger partial charge is 0.407 e. The predicted molar refractivity (Wildman–Crippen MR) is 155 cm³/mol. The summed E-state index contributed by atoms with van der Waals surface area (Å²) in [6.07, 6.45) is 1.44. The number of fused-ring (bicyclic) bond motifs is 1. The van der Waals surface area contributed by atoms with E-state index < -0.39 is 5.60 Å². The Morgan fingerprint density at radius 3 is 2.67 bits per heavy atom. The van der Waals surface area contributed by atoms with Crippen molar-refractivity contribution in [1.29, 1.82) is 0 Å². The van der Waals surface area contributed by atoms with Gasteiger partial charge in [0, 0.05) is 42.3 Å². The van der Waals surface area contributed by atoms with Crippen LogP contribution in [0.3, 0.4) is 0 Å². The topological polar surface area (TPSA) is 86.1 Å². The summed E-state index contributed by atoms with van der Waals surface area (Å²) in [4.78, 5) is 19.0. The first-order valence-corrected chi connectivity index (χ1v) is 13.9. The van der Waals surface area contributed by atoms with E-state index in [1.165, 1.54) is 0 Å². The molecule has 210 valence electrons. The summed E-state index contributed by atoms with van der Waals surface area (Å²) >= 11 is 5.96. The first kappa shape index (κ1) is 27.8. The van der Waals surface area contributed by atoms with Gasteiger partial charge in [0.1, 0.15) is 28.4 Å². The molecule has 1 amide bonds. The van der Waals surface area contributed by atoms with Crippen LogP contribution in [0.1, 0.15) is 33.6 Å². The van der Waals surface area contributed by atoms with Gasteiger partial charge in [-0.2, -0.15) is 0 Å². The van der Waals surface area contributed by atoms with Crippen molar-refractivity contribution in [2.45, 2.75) is 45.3 Å². The second-order valence-corrected chi connectivity index (χ2v) is 11.3. The number of nitrogens with one attached hydrogen (secondary N) is 1. The molecule has 8 nitrogen and oxygen atoms in total. The molecule has 1 aliphatic rings. The summed E-state index contributed by atoms with van der Waals surface area (Å²) in [5, 5.41) is 3.63. The SMILES string of the molecule is CC(C)(C)OC(=O)N[C@@H]1CCN(CCCOc2cccc(-c3nc4cc(Oc5ccc(Cl)cc5)ccc4o3)c2)C1. The molecule has 1 fully saturated rings. The quantitative estimate of drug-likeness (QED) is 0.214. The van der Waals surface area contributed by atoms with Crippen LogP contribution in [0.5, 0.6) is 17.2 Å². The second-order valence-electron chi connectivity index (χ2n) is 10.9. The van der Waals surface area contributed by atoms with Gasteiger partial charge in [0.05, 0.1) is 6.61 Å². The number of hydrogen-bond acceptors (Lipinski definition) is 7. The maximum Gasteiger partial charge on any atom is 0.407 e. The minimum absolute atomic E-state index is 0.115. The minimum Gasteiger partial charge on any atom is -0.494 e. The lowest BCUT2D eigenvalue weighted by Crippen LogP contribution is -2.40. The van der Waals surface area contributed by atoms with Gasteiger partial charge in [-0.15, -0.1) is 0 Å². The van der Waals surface area contributed by atoms with E-state index >= 15 is 0 Å². The molecule has 0 spiro atoms. The highest BCUT2D eigenvalue weighted by atomic mass is 35.5. The lowest BCUT2D eigenvalue weighted by molar-refractivity contribution is 0.0505. The number of hydrogen-bond donors (Lipinski definition) is 1. The number of alkyl carbamates (subject to hydrolysis) is 1. The zero-order valence-corrected chi connectivity index (χ0v) is 23.7. The maximum absolute atomic E-state index is 12.0. The zero-order valence-electron chi connectivity index (χ0n) is 23.0. The van der Waals surface area contributed by atoms with Crippen LogP contribution >= 0.6 is 11.6 Å². The molecule has 0 unspecified atom stereocenters. The maximum atomic E-state index is 12.0. The average molecular weight is 564 g/mol. The minimum atomic E-state index is -0.492. The van der Waals surface area contributed by atoms with Crippen LogP contribution in [0.4, 0.5) is 4.79 Å². The number of rotatable bonds is 9. The van der Waals surface area contributed by atoms with E-state index in [0.717, 1.165) is 43.8 Å². The fourth-order valence-corrected chi connectivity index (χ4v) is 4.68. The Labute approximate surface area is 239 Å². The normalized spacial score (nSPS) is 15.8. The first-order chi connectivity index (χ1) is 19.2. The van der Waals surface area contributed by atoms with Gasteiger partial charge >= 0.3 is 6.09 Å². The van der Waals surface area contributed by atoms with Gasteiger partial charge in [-0.05, 0) is 88.2 Å². The van der Waals surface area contributed by atoms with Crippen LogP contribution in [-0.4, -0.2) is 53.9 Å². The summed E-state index contributed by atoms with van der Waals surface area (Å²) < 4.78 is 23.3. The third-order valence-electron chi connectivity index (χ3n) is 6.37. The Hall–Kier alpha value is -3.75. The van der Waals surface area contributed by atoms with E-state index in [4.69, 9.17) is 30.2 Å². The molecule has 1 atom stereocenters. The first-order valence-electron chi connectivity index (χ1n) is 13.5. The molecule has 1 aromatic heterocycles. The van der Waals surface area contributed by atoms with Gasteiger partial charge in [0.25, 0.3) is 0 Å². The summed E-state index contributed by atoms with van der Waals surface area (Å²) in [7, 11) is 0. The van der Waals surface area contributed by atoms with Crippen molar-refractivity contribution in [2.75, 3.05) is 26.2 Å². The lowest BCUT2D eigenvalue weighted by Gasteiger charge is -2.22. The predicted octanol–water partition coefficient (Wildman–Crippen LogP) is 7.31. The van der Waals surface area contributed by atoms with Crippen LogP contribution in [-0.2, 0) is 4.74 Å². The Morgan fingerprint density at radius 2 is 1.88 bits per heavy atom. The lowest BCUT2D eigenvalue weighted by atomic mass is 10.2. The van der Waals surface area contributed by atoms with E-state index in [0.29, 0.717) is 40.1 Å². The van der Waals surface area contributed by atoms with Gasteiger partial charge < -0.3 is 28.8 Å². The van der Waals surface area contributed by atoms with Crippen LogP contribution < -0.4 is 14.8 Å². The Kier molecular flexibility index (Phi) is 8.47. The standard InChI is InChI=1S/C31H34ClN3O5/c1-31(2,3)40-30(36)33-23-14-16-35(20-23)15-5-17-37-25-7-4-6-21(18-25)29-34-27-19-26(12-13-28(27)39-29)38-24-10-8-22(32)9-11-24/h4,6-13,18-19,23H,5,14-17,20H2,1-3H3,(H,33,36)/t23-/m1/s1. The van der Waals surface area contributed by atoms with Gasteiger partial charge in [0.2, 0.25) is 5.89 Å². The van der Waals surface area contributed by atoms with Crippen LogP contribution in [0.15, 0.2) is 71.1 Å². The van der Waals surface area contributed by atoms with Gasteiger partial charge in [-0.3, -0.25) is 0 Å². The third-order valence-corrected chi connectivity index (χ3v) is 6.62. The van der Waals surface area contributed by atoms with Crippen LogP contribution in [0.25, 0.3) is 22.6 Å². The van der Waals surface area contributed by atoms with Crippen molar-refractivity contribution in [3.8, 4) is 28.7 Å². The number of nitrogens with zero attached hydrogens (tertiary/aromatic N) is 2. The molecule has 1 N–H and O–H groups in total. The number of carbonyl (C=O) groups excluding carboxylic acids is 1. The number of aromatic nitrogens is 1. The molecule has 3 aromatic carbocycles. The van der Waals surface area contributed by atoms with Crippen LogP contribution in [0, 0.1) is 0 Å². The Balaban J connectivity index is 1.11. The van der Waals surface area contributed by atoms with Crippen molar-refractivity contribution in [3.63, 3.8) is 0 Å². The molecular weight excluding hydrogens is 530 g/mol. The fraction of sp³-hybridized carbons (Fsp3) is 0.355. The number of ether oxygens (including phenoxy) is 3.